The van der Waals surface area contributed by atoms with E-state index < -0.39 is 87.6 Å². The van der Waals surface area contributed by atoms with E-state index in [1.165, 1.54) is 93.6 Å². The Morgan fingerprint density at radius 3 is 1.27 bits per heavy atom. The molecule has 4 rings (SSSR count). The second-order valence-electron chi connectivity index (χ2n) is 17.0. The first-order valence-corrected chi connectivity index (χ1v) is 22.4. The Morgan fingerprint density at radius 2 is 0.930 bits per heavy atom. The fourth-order valence-electron chi connectivity index (χ4n) is 5.79. The number of nitrogens with zero attached hydrogens (tertiary/aromatic N) is 2. The zero-order chi connectivity index (χ0) is 52.3. The van der Waals surface area contributed by atoms with Gasteiger partial charge in [0, 0.05) is 41.9 Å². The van der Waals surface area contributed by atoms with Gasteiger partial charge in [0.1, 0.15) is 23.3 Å². The third-order valence-corrected chi connectivity index (χ3v) is 11.0. The van der Waals surface area contributed by atoms with Gasteiger partial charge >= 0.3 is 36.5 Å². The van der Waals surface area contributed by atoms with Gasteiger partial charge in [-0.3, -0.25) is 9.59 Å². The normalized spacial score (nSPS) is 11.9. The lowest BCUT2D eigenvalue weighted by Crippen LogP contribution is -2.45. The maximum Gasteiger partial charge on any atom is 0.417 e. The lowest BCUT2D eigenvalue weighted by Gasteiger charge is -2.22. The van der Waals surface area contributed by atoms with Gasteiger partial charge in [0.15, 0.2) is 0 Å². The lowest BCUT2D eigenvalue weighted by molar-refractivity contribution is -0.143. The van der Waals surface area contributed by atoms with Gasteiger partial charge in [0.25, 0.3) is 11.1 Å². The van der Waals surface area contributed by atoms with Crippen LogP contribution >= 0.6 is 45.2 Å². The van der Waals surface area contributed by atoms with E-state index in [-0.39, 0.29) is 43.5 Å². The molecule has 0 saturated heterocycles. The molecule has 0 spiro atoms. The Hall–Kier alpha value is -5.14. The Labute approximate surface area is 438 Å². The number of pyridine rings is 2. The van der Waals surface area contributed by atoms with Crippen molar-refractivity contribution in [1.29, 1.82) is 0 Å². The first-order chi connectivity index (χ1) is 31.1. The topological polar surface area (TPSA) is 173 Å². The van der Waals surface area contributed by atoms with Gasteiger partial charge < -0.3 is 38.7 Å². The predicted octanol–water partition coefficient (Wildman–Crippen LogP) is 11.1. The molecule has 0 radical (unpaired) electrons. The molecule has 14 nitrogen and oxygen atoms in total. The molecule has 398 valence electrons. The van der Waals surface area contributed by atoms with Gasteiger partial charge in [-0.25, -0.2) is 19.2 Å². The van der Waals surface area contributed by atoms with Crippen LogP contribution < -0.4 is 21.8 Å². The van der Waals surface area contributed by atoms with Crippen LogP contribution in [0, 0.1) is 21.0 Å². The number of alkyl halides is 6. The highest BCUT2D eigenvalue weighted by atomic mass is 127. The van der Waals surface area contributed by atoms with Gasteiger partial charge in [-0.1, -0.05) is 58.7 Å². The molecule has 0 aliphatic heterocycles. The molecule has 22 heteroatoms. The highest BCUT2D eigenvalue weighted by Crippen LogP contribution is 2.36. The number of esters is 2. The van der Waals surface area contributed by atoms with Gasteiger partial charge in [-0.05, 0) is 142 Å². The number of hydrogen-bond acceptors (Lipinski definition) is 10. The number of aryl methyl sites for hydroxylation is 2. The van der Waals surface area contributed by atoms with E-state index in [0.717, 1.165) is 25.8 Å². The number of amides is 2. The SMILES string of the molecule is C.C.C.COC(=O)C(Cc1ccc(-c2c(C(F)(F)F)cc(C)n(C)c2=O)cc1)NC(=O)OC(C)(C)C.COC(=O)C(Cc1ccc(I)cc1)NC(=O)OC(C)(C)C.Cc1cc(C(F)(F)F)c(I)c(=O)n1C. The number of hydrogen-bond donors (Lipinski definition) is 2. The maximum absolute atomic E-state index is 13.6. The van der Waals surface area contributed by atoms with Crippen molar-refractivity contribution < 1.29 is 64.5 Å². The van der Waals surface area contributed by atoms with Crippen molar-refractivity contribution in [3.05, 3.63) is 122 Å². The summed E-state index contributed by atoms with van der Waals surface area (Å²) in [5.41, 5.74) is -3.09. The van der Waals surface area contributed by atoms with Crippen molar-refractivity contribution in [2.75, 3.05) is 14.2 Å². The Morgan fingerprint density at radius 1 is 0.592 bits per heavy atom. The summed E-state index contributed by atoms with van der Waals surface area (Å²) in [4.78, 5) is 71.7. The number of nitrogens with one attached hydrogen (secondary N) is 2. The third-order valence-electron chi connectivity index (χ3n) is 9.28. The highest BCUT2D eigenvalue weighted by molar-refractivity contribution is 14.1. The molecule has 2 N–H and O–H groups in total. The number of methoxy groups -OCH3 is 2. The second-order valence-corrected chi connectivity index (χ2v) is 19.3. The predicted molar refractivity (Wildman–Crippen MR) is 278 cm³/mol. The molecular weight excluding hydrogens is 1170 g/mol. The van der Waals surface area contributed by atoms with Crippen molar-refractivity contribution in [3.63, 3.8) is 0 Å². The summed E-state index contributed by atoms with van der Waals surface area (Å²) in [5, 5.41) is 4.98. The van der Waals surface area contributed by atoms with Crippen LogP contribution in [0.25, 0.3) is 11.1 Å². The minimum absolute atomic E-state index is 0. The van der Waals surface area contributed by atoms with Crippen LogP contribution in [0.3, 0.4) is 0 Å². The molecule has 2 atom stereocenters. The summed E-state index contributed by atoms with van der Waals surface area (Å²) in [6.07, 6.45) is -10.3. The monoisotopic (exact) mass is 1240 g/mol. The molecule has 0 aliphatic carbocycles. The van der Waals surface area contributed by atoms with E-state index in [4.69, 9.17) is 18.9 Å². The van der Waals surface area contributed by atoms with Crippen LogP contribution in [0.2, 0.25) is 0 Å². The van der Waals surface area contributed by atoms with Gasteiger partial charge in [-0.2, -0.15) is 26.3 Å². The van der Waals surface area contributed by atoms with E-state index >= 15 is 0 Å². The first-order valence-electron chi connectivity index (χ1n) is 20.3. The molecule has 4 aromatic rings. The van der Waals surface area contributed by atoms with Crippen LogP contribution in [0.1, 0.15) is 97.5 Å². The van der Waals surface area contributed by atoms with Crippen molar-refractivity contribution >= 4 is 69.3 Å². The molecule has 2 heterocycles. The summed E-state index contributed by atoms with van der Waals surface area (Å²) in [7, 11) is 5.31. The Bertz CT molecular complexity index is 2530. The number of carbonyl (C=O) groups excluding carboxylic acids is 4. The number of halogens is 8. The first kappa shape index (κ1) is 67.9. The zero-order valence-corrected chi connectivity index (χ0v) is 43.7. The molecule has 0 bridgehead atoms. The maximum atomic E-state index is 13.6. The zero-order valence-electron chi connectivity index (χ0n) is 39.3. The number of rotatable bonds is 9. The van der Waals surface area contributed by atoms with Crippen molar-refractivity contribution in [1.82, 2.24) is 19.8 Å². The lowest BCUT2D eigenvalue weighted by atomic mass is 9.97. The summed E-state index contributed by atoms with van der Waals surface area (Å²) in [6.45, 7) is 13.2. The standard InChI is InChI=1S/C23H27F3N2O5.C15H20INO4.C8H7F3INO.3CH4/c1-13-11-16(23(24,25)26)18(19(29)28(13)5)15-9-7-14(8-10-15)12-17(20(30)32-6)27-21(31)33-22(2,3)4;1-15(2,3)21-14(19)17-12(13(18)20-4)9-10-5-7-11(16)8-6-10;1-4-3-5(8(9,10)11)6(12)7(14)13(4)2;;;/h7-11,17H,12H2,1-6H3,(H,27,31);5-8,12H,9H2,1-4H3,(H,17,19);3H,1-2H3;3*1H4. The number of carbonyl (C=O) groups is 4. The number of alkyl carbamates (subject to hydrolysis) is 2. The second kappa shape index (κ2) is 28.2. The fraction of sp³-hybridized carbons (Fsp3) is 0.469. The third kappa shape index (κ3) is 21.6. The van der Waals surface area contributed by atoms with Gasteiger partial charge in [-0.15, -0.1) is 0 Å². The minimum Gasteiger partial charge on any atom is -0.467 e. The number of aromatic nitrogens is 2. The van der Waals surface area contributed by atoms with Crippen LogP contribution in [0.4, 0.5) is 35.9 Å². The van der Waals surface area contributed by atoms with Crippen LogP contribution in [-0.2, 0) is 67.8 Å². The average molecular weight is 1240 g/mol. The highest BCUT2D eigenvalue weighted by Gasteiger charge is 2.37. The van der Waals surface area contributed by atoms with Gasteiger partial charge in [0.2, 0.25) is 0 Å². The molecule has 2 unspecified atom stereocenters. The van der Waals surface area contributed by atoms with Crippen LogP contribution in [-0.4, -0.2) is 70.8 Å². The summed E-state index contributed by atoms with van der Waals surface area (Å²) >= 11 is 3.62. The molecule has 2 amide bonds. The summed E-state index contributed by atoms with van der Waals surface area (Å²) in [6, 6.07) is 13.5. The summed E-state index contributed by atoms with van der Waals surface area (Å²) in [5.74, 6) is -1.21. The van der Waals surface area contributed by atoms with E-state index in [0.29, 0.717) is 17.7 Å². The van der Waals surface area contributed by atoms with E-state index in [2.05, 4.69) is 33.2 Å². The van der Waals surface area contributed by atoms with E-state index in [1.54, 1.807) is 41.5 Å². The number of ether oxygens (including phenoxy) is 4. The molecule has 2 aromatic carbocycles. The van der Waals surface area contributed by atoms with Crippen LogP contribution in [0.5, 0.6) is 0 Å². The quantitative estimate of drug-likeness (QED) is 0.0711. The molecule has 71 heavy (non-hydrogen) atoms. The fourth-order valence-corrected chi connectivity index (χ4v) is 6.97. The van der Waals surface area contributed by atoms with Crippen molar-refractivity contribution in [2.24, 2.45) is 14.1 Å². The van der Waals surface area contributed by atoms with E-state index in [9.17, 15) is 55.1 Å². The van der Waals surface area contributed by atoms with Crippen LogP contribution in [0.15, 0.2) is 70.3 Å². The number of benzene rings is 2. The molecular formula is C49H66F6I2N4O10. The minimum atomic E-state index is -4.71. The van der Waals surface area contributed by atoms with Crippen molar-refractivity contribution in [3.8, 4) is 11.1 Å². The largest absolute Gasteiger partial charge is 0.467 e. The Balaban J connectivity index is 0. The molecule has 0 fully saturated rings. The molecule has 2 aromatic heterocycles. The van der Waals surface area contributed by atoms with Gasteiger partial charge in [0.05, 0.1) is 34.5 Å². The smallest absolute Gasteiger partial charge is 0.417 e. The summed E-state index contributed by atoms with van der Waals surface area (Å²) < 4.78 is 101. The average Bonchev–Trinajstić information content (AvgIpc) is 3.21. The van der Waals surface area contributed by atoms with Crippen molar-refractivity contribution in [2.45, 2.75) is 126 Å². The van der Waals surface area contributed by atoms with E-state index in [1.807, 2.05) is 24.3 Å². The molecule has 0 aliphatic rings. The molecule has 0 saturated carbocycles. The Kier molecular flexibility index (Phi) is 27.0.